The van der Waals surface area contributed by atoms with E-state index in [1.54, 1.807) is 42.5 Å². The highest BCUT2D eigenvalue weighted by Crippen LogP contribution is 2.29. The van der Waals surface area contributed by atoms with E-state index < -0.39 is 5.91 Å². The van der Waals surface area contributed by atoms with Crippen LogP contribution in [0, 0.1) is 23.7 Å². The van der Waals surface area contributed by atoms with Gasteiger partial charge in [-0.15, -0.1) is 6.42 Å². The molecule has 1 amide bonds. The summed E-state index contributed by atoms with van der Waals surface area (Å²) in [6, 6.07) is 13.8. The number of rotatable bonds is 8. The molecule has 0 atom stereocenters. The van der Waals surface area contributed by atoms with Crippen LogP contribution in [0.15, 0.2) is 48.0 Å². The Hall–Kier alpha value is -3.90. The van der Waals surface area contributed by atoms with E-state index in [1.807, 2.05) is 13.0 Å². The molecule has 0 aliphatic carbocycles. The van der Waals surface area contributed by atoms with Gasteiger partial charge in [-0.2, -0.15) is 5.26 Å². The molecule has 0 saturated carbocycles. The van der Waals surface area contributed by atoms with E-state index in [9.17, 15) is 10.1 Å². The van der Waals surface area contributed by atoms with Crippen LogP contribution in [-0.4, -0.2) is 26.2 Å². The number of methoxy groups -OCH3 is 1. The lowest BCUT2D eigenvalue weighted by atomic mass is 10.1. The number of anilines is 1. The Balaban J connectivity index is 2.17. The van der Waals surface area contributed by atoms with Crippen LogP contribution in [0.1, 0.15) is 12.5 Å². The number of nitriles is 1. The standard InChI is InChI=1S/C22H20N2O4/c1-4-12-28-20-11-6-16(14-21(20)26-3)13-17(15-23)22(25)24-18-7-9-19(10-8-18)27-5-2/h1,6-11,13-14H,5,12H2,2-3H3,(H,24,25)/b17-13-. The average Bonchev–Trinajstić information content (AvgIpc) is 2.72. The van der Waals surface area contributed by atoms with Gasteiger partial charge < -0.3 is 19.5 Å². The summed E-state index contributed by atoms with van der Waals surface area (Å²) in [4.78, 5) is 12.4. The van der Waals surface area contributed by atoms with Crippen LogP contribution in [-0.2, 0) is 4.79 Å². The number of hydrogen-bond donors (Lipinski definition) is 1. The van der Waals surface area contributed by atoms with Crippen molar-refractivity contribution in [1.29, 1.82) is 5.26 Å². The van der Waals surface area contributed by atoms with Crippen LogP contribution in [0.5, 0.6) is 17.2 Å². The van der Waals surface area contributed by atoms with Crippen LogP contribution >= 0.6 is 0 Å². The molecule has 2 aromatic rings. The van der Waals surface area contributed by atoms with Gasteiger partial charge in [-0.1, -0.05) is 12.0 Å². The van der Waals surface area contributed by atoms with Gasteiger partial charge in [0.05, 0.1) is 13.7 Å². The van der Waals surface area contributed by atoms with Crippen molar-refractivity contribution in [2.45, 2.75) is 6.92 Å². The lowest BCUT2D eigenvalue weighted by Crippen LogP contribution is -2.13. The SMILES string of the molecule is C#CCOc1ccc(/C=C(/C#N)C(=O)Nc2ccc(OCC)cc2)cc1OC. The largest absolute Gasteiger partial charge is 0.494 e. The number of ether oxygens (including phenoxy) is 3. The Morgan fingerprint density at radius 2 is 1.93 bits per heavy atom. The molecule has 0 fully saturated rings. The monoisotopic (exact) mass is 376 g/mol. The Labute approximate surface area is 164 Å². The molecule has 0 aliphatic heterocycles. The maximum atomic E-state index is 12.4. The number of terminal acetylenes is 1. The molecule has 0 aliphatic rings. The molecule has 0 bridgehead atoms. The molecule has 6 nitrogen and oxygen atoms in total. The van der Waals surface area contributed by atoms with Crippen LogP contribution in [0.25, 0.3) is 6.08 Å². The van der Waals surface area contributed by atoms with Gasteiger partial charge in [-0.3, -0.25) is 4.79 Å². The fourth-order valence-electron chi connectivity index (χ4n) is 2.33. The van der Waals surface area contributed by atoms with Gasteiger partial charge in [-0.05, 0) is 55.0 Å². The van der Waals surface area contributed by atoms with Gasteiger partial charge in [0.2, 0.25) is 0 Å². The van der Waals surface area contributed by atoms with E-state index in [0.29, 0.717) is 35.1 Å². The third-order valence-corrected chi connectivity index (χ3v) is 3.60. The van der Waals surface area contributed by atoms with Crippen molar-refractivity contribution in [3.63, 3.8) is 0 Å². The summed E-state index contributed by atoms with van der Waals surface area (Å²) in [5.74, 6) is 3.50. The first kappa shape index (κ1) is 20.4. The van der Waals surface area contributed by atoms with E-state index in [4.69, 9.17) is 20.6 Å². The first-order valence-corrected chi connectivity index (χ1v) is 8.51. The van der Waals surface area contributed by atoms with E-state index in [1.165, 1.54) is 13.2 Å². The third-order valence-electron chi connectivity index (χ3n) is 3.60. The topological polar surface area (TPSA) is 80.6 Å². The fourth-order valence-corrected chi connectivity index (χ4v) is 2.33. The van der Waals surface area contributed by atoms with Crippen molar-refractivity contribution in [3.8, 4) is 35.7 Å². The van der Waals surface area contributed by atoms with Gasteiger partial charge in [0.25, 0.3) is 5.91 Å². The first-order chi connectivity index (χ1) is 13.6. The highest BCUT2D eigenvalue weighted by Gasteiger charge is 2.11. The van der Waals surface area contributed by atoms with Crippen molar-refractivity contribution >= 4 is 17.7 Å². The summed E-state index contributed by atoms with van der Waals surface area (Å²) in [6.07, 6.45) is 6.66. The van der Waals surface area contributed by atoms with Crippen LogP contribution < -0.4 is 19.5 Å². The van der Waals surface area contributed by atoms with Gasteiger partial charge in [0.15, 0.2) is 11.5 Å². The molecular formula is C22H20N2O4. The van der Waals surface area contributed by atoms with Crippen LogP contribution in [0.4, 0.5) is 5.69 Å². The number of amides is 1. The molecule has 2 rings (SSSR count). The number of carbonyl (C=O) groups is 1. The Kier molecular flexibility index (Phi) is 7.51. The molecule has 0 radical (unpaired) electrons. The predicted molar refractivity (Wildman–Crippen MR) is 107 cm³/mol. The van der Waals surface area contributed by atoms with Crippen molar-refractivity contribution in [2.75, 3.05) is 25.6 Å². The van der Waals surface area contributed by atoms with Crippen molar-refractivity contribution in [2.24, 2.45) is 0 Å². The van der Waals surface area contributed by atoms with E-state index in [-0.39, 0.29) is 12.2 Å². The summed E-state index contributed by atoms with van der Waals surface area (Å²) in [6.45, 7) is 2.56. The van der Waals surface area contributed by atoms with Gasteiger partial charge in [-0.25, -0.2) is 0 Å². The van der Waals surface area contributed by atoms with Crippen molar-refractivity contribution in [3.05, 3.63) is 53.6 Å². The van der Waals surface area contributed by atoms with E-state index in [2.05, 4.69) is 11.2 Å². The minimum Gasteiger partial charge on any atom is -0.494 e. The third kappa shape index (κ3) is 5.55. The van der Waals surface area contributed by atoms with Gasteiger partial charge in [0, 0.05) is 5.69 Å². The molecule has 0 unspecified atom stereocenters. The molecule has 1 N–H and O–H groups in total. The number of benzene rings is 2. The summed E-state index contributed by atoms with van der Waals surface area (Å²) < 4.78 is 16.0. The summed E-state index contributed by atoms with van der Waals surface area (Å²) in [5, 5.41) is 12.1. The molecule has 2 aromatic carbocycles. The Morgan fingerprint density at radius 3 is 2.54 bits per heavy atom. The number of nitrogens with zero attached hydrogens (tertiary/aromatic N) is 1. The fraction of sp³-hybridized carbons (Fsp3) is 0.182. The second-order valence-corrected chi connectivity index (χ2v) is 5.48. The molecule has 0 saturated heterocycles. The van der Waals surface area contributed by atoms with Crippen molar-refractivity contribution in [1.82, 2.24) is 0 Å². The molecule has 0 heterocycles. The molecule has 0 spiro atoms. The highest BCUT2D eigenvalue weighted by atomic mass is 16.5. The Bertz CT molecular complexity index is 934. The quantitative estimate of drug-likeness (QED) is 0.432. The summed E-state index contributed by atoms with van der Waals surface area (Å²) in [5.41, 5.74) is 1.13. The Morgan fingerprint density at radius 1 is 1.18 bits per heavy atom. The number of carbonyl (C=O) groups excluding carboxylic acids is 1. The minimum atomic E-state index is -0.515. The van der Waals surface area contributed by atoms with Gasteiger partial charge >= 0.3 is 0 Å². The van der Waals surface area contributed by atoms with Gasteiger partial charge in [0.1, 0.15) is 24.0 Å². The summed E-state index contributed by atoms with van der Waals surface area (Å²) in [7, 11) is 1.50. The molecule has 6 heteroatoms. The maximum Gasteiger partial charge on any atom is 0.266 e. The second-order valence-electron chi connectivity index (χ2n) is 5.48. The lowest BCUT2D eigenvalue weighted by molar-refractivity contribution is -0.112. The van der Waals surface area contributed by atoms with Crippen LogP contribution in [0.2, 0.25) is 0 Å². The second kappa shape index (κ2) is 10.3. The maximum absolute atomic E-state index is 12.4. The average molecular weight is 376 g/mol. The molecule has 28 heavy (non-hydrogen) atoms. The highest BCUT2D eigenvalue weighted by molar-refractivity contribution is 6.09. The zero-order valence-electron chi connectivity index (χ0n) is 15.7. The zero-order chi connectivity index (χ0) is 20.4. The van der Waals surface area contributed by atoms with E-state index in [0.717, 1.165) is 0 Å². The zero-order valence-corrected chi connectivity index (χ0v) is 15.7. The summed E-state index contributed by atoms with van der Waals surface area (Å²) >= 11 is 0. The van der Waals surface area contributed by atoms with Crippen LogP contribution in [0.3, 0.4) is 0 Å². The normalized spacial score (nSPS) is 10.4. The minimum absolute atomic E-state index is 0.0479. The molecule has 142 valence electrons. The van der Waals surface area contributed by atoms with Crippen molar-refractivity contribution < 1.29 is 19.0 Å². The molecular weight excluding hydrogens is 356 g/mol. The molecule has 0 aromatic heterocycles. The number of hydrogen-bond acceptors (Lipinski definition) is 5. The number of nitrogens with one attached hydrogen (secondary N) is 1. The first-order valence-electron chi connectivity index (χ1n) is 8.51. The predicted octanol–water partition coefficient (Wildman–Crippen LogP) is 3.65. The lowest BCUT2D eigenvalue weighted by Gasteiger charge is -2.10. The van der Waals surface area contributed by atoms with E-state index >= 15 is 0 Å². The smallest absolute Gasteiger partial charge is 0.266 e.